The van der Waals surface area contributed by atoms with Crippen molar-refractivity contribution in [1.29, 1.82) is 0 Å². The third-order valence-electron chi connectivity index (χ3n) is 2.66. The molecule has 0 aliphatic carbocycles. The van der Waals surface area contributed by atoms with E-state index < -0.39 is 4.92 Å². The van der Waals surface area contributed by atoms with Crippen LogP contribution in [0.2, 0.25) is 0 Å². The Bertz CT molecular complexity index is 717. The second-order valence-electron chi connectivity index (χ2n) is 4.02. The number of benzene rings is 1. The summed E-state index contributed by atoms with van der Waals surface area (Å²) in [6.07, 6.45) is 1.32. The molecule has 2 aromatic rings. The smallest absolute Gasteiger partial charge is 0.314 e. The van der Waals surface area contributed by atoms with Crippen LogP contribution in [0.3, 0.4) is 0 Å². The van der Waals surface area contributed by atoms with Crippen LogP contribution >= 0.6 is 0 Å². The molecule has 2 rings (SSSR count). The predicted octanol–water partition coefficient (Wildman–Crippen LogP) is 1.58. The second-order valence-corrected chi connectivity index (χ2v) is 4.02. The van der Waals surface area contributed by atoms with E-state index in [1.807, 2.05) is 0 Å². The maximum absolute atomic E-state index is 11.1. The lowest BCUT2D eigenvalue weighted by atomic mass is 10.2. The van der Waals surface area contributed by atoms with E-state index in [9.17, 15) is 10.1 Å². The standard InChI is InChI=1S/C12H11N5O4/c1-7-3-2-4-9(10(7)17(19)20)21-12-8(11(13)16-18)5-6-14-15-12/h2-6,18H,1H3,(H2,13,16). The van der Waals surface area contributed by atoms with Crippen molar-refractivity contribution in [3.63, 3.8) is 0 Å². The van der Waals surface area contributed by atoms with Crippen molar-refractivity contribution < 1.29 is 14.9 Å². The lowest BCUT2D eigenvalue weighted by molar-refractivity contribution is -0.386. The van der Waals surface area contributed by atoms with Gasteiger partial charge in [0.2, 0.25) is 11.6 Å². The number of nitrogens with zero attached hydrogens (tertiary/aromatic N) is 4. The molecule has 0 bridgehead atoms. The van der Waals surface area contributed by atoms with Crippen molar-refractivity contribution in [2.24, 2.45) is 10.9 Å². The van der Waals surface area contributed by atoms with Gasteiger partial charge in [0, 0.05) is 5.56 Å². The fraction of sp³-hybridized carbons (Fsp3) is 0.0833. The first-order valence-corrected chi connectivity index (χ1v) is 5.76. The number of hydrogen-bond donors (Lipinski definition) is 2. The number of ether oxygens (including phenoxy) is 1. The molecule has 0 saturated heterocycles. The molecule has 0 saturated carbocycles. The SMILES string of the molecule is Cc1cccc(Oc2nnccc2/C(N)=N/O)c1[N+](=O)[O-]. The molecular weight excluding hydrogens is 278 g/mol. The number of nitro benzene ring substituents is 1. The highest BCUT2D eigenvalue weighted by Crippen LogP contribution is 2.33. The van der Waals surface area contributed by atoms with E-state index >= 15 is 0 Å². The van der Waals surface area contributed by atoms with Gasteiger partial charge in [-0.2, -0.15) is 5.10 Å². The Labute approximate surface area is 118 Å². The topological polar surface area (TPSA) is 137 Å². The maximum Gasteiger partial charge on any atom is 0.314 e. The summed E-state index contributed by atoms with van der Waals surface area (Å²) >= 11 is 0. The van der Waals surface area contributed by atoms with Crippen LogP contribution in [0.25, 0.3) is 0 Å². The number of nitrogens with two attached hydrogens (primary N) is 1. The summed E-state index contributed by atoms with van der Waals surface area (Å²) in [7, 11) is 0. The molecule has 0 spiro atoms. The van der Waals surface area contributed by atoms with Gasteiger partial charge >= 0.3 is 5.69 Å². The molecule has 3 N–H and O–H groups in total. The minimum absolute atomic E-state index is 0.00695. The van der Waals surface area contributed by atoms with Crippen LogP contribution in [0.4, 0.5) is 5.69 Å². The molecule has 1 aromatic carbocycles. The first kappa shape index (κ1) is 14.2. The third-order valence-corrected chi connectivity index (χ3v) is 2.66. The van der Waals surface area contributed by atoms with Crippen molar-refractivity contribution in [3.8, 4) is 11.6 Å². The molecule has 0 amide bonds. The number of para-hydroxylation sites is 1. The van der Waals surface area contributed by atoms with E-state index in [0.717, 1.165) is 0 Å². The fourth-order valence-corrected chi connectivity index (χ4v) is 1.70. The van der Waals surface area contributed by atoms with Gasteiger partial charge in [0.15, 0.2) is 5.84 Å². The van der Waals surface area contributed by atoms with Gasteiger partial charge < -0.3 is 15.7 Å². The van der Waals surface area contributed by atoms with Crippen molar-refractivity contribution in [1.82, 2.24) is 10.2 Å². The van der Waals surface area contributed by atoms with E-state index in [2.05, 4.69) is 15.4 Å². The van der Waals surface area contributed by atoms with E-state index in [4.69, 9.17) is 15.7 Å². The minimum Gasteiger partial charge on any atom is -0.430 e. The lowest BCUT2D eigenvalue weighted by Gasteiger charge is -2.09. The van der Waals surface area contributed by atoms with E-state index in [1.165, 1.54) is 18.3 Å². The van der Waals surface area contributed by atoms with E-state index in [1.54, 1.807) is 19.1 Å². The molecule has 21 heavy (non-hydrogen) atoms. The molecule has 0 aliphatic heterocycles. The van der Waals surface area contributed by atoms with E-state index in [0.29, 0.717) is 5.56 Å². The Hall–Kier alpha value is -3.23. The highest BCUT2D eigenvalue weighted by molar-refractivity contribution is 5.98. The highest BCUT2D eigenvalue weighted by atomic mass is 16.6. The number of amidine groups is 1. The molecule has 9 heteroatoms. The van der Waals surface area contributed by atoms with Crippen molar-refractivity contribution in [2.75, 3.05) is 0 Å². The molecule has 0 aliphatic rings. The van der Waals surface area contributed by atoms with Crippen LogP contribution in [-0.2, 0) is 0 Å². The van der Waals surface area contributed by atoms with Crippen LogP contribution < -0.4 is 10.5 Å². The molecule has 0 atom stereocenters. The summed E-state index contributed by atoms with van der Waals surface area (Å²) in [4.78, 5) is 10.6. The summed E-state index contributed by atoms with van der Waals surface area (Å²) in [5.74, 6) is -0.343. The average molecular weight is 289 g/mol. The zero-order chi connectivity index (χ0) is 15.4. The first-order chi connectivity index (χ1) is 10.0. The van der Waals surface area contributed by atoms with Crippen LogP contribution in [0, 0.1) is 17.0 Å². The normalized spacial score (nSPS) is 11.2. The number of oxime groups is 1. The zero-order valence-electron chi connectivity index (χ0n) is 10.9. The fourth-order valence-electron chi connectivity index (χ4n) is 1.70. The van der Waals surface area contributed by atoms with Gasteiger partial charge in [-0.25, -0.2) is 0 Å². The molecule has 0 fully saturated rings. The Morgan fingerprint density at radius 2 is 2.24 bits per heavy atom. The summed E-state index contributed by atoms with van der Waals surface area (Å²) in [6, 6.07) is 6.04. The van der Waals surface area contributed by atoms with Crippen molar-refractivity contribution in [2.45, 2.75) is 6.92 Å². The van der Waals surface area contributed by atoms with Crippen LogP contribution in [0.1, 0.15) is 11.1 Å². The largest absolute Gasteiger partial charge is 0.430 e. The average Bonchev–Trinajstić information content (AvgIpc) is 2.46. The zero-order valence-corrected chi connectivity index (χ0v) is 10.9. The van der Waals surface area contributed by atoms with Gasteiger partial charge in [0.05, 0.1) is 16.7 Å². The van der Waals surface area contributed by atoms with Gasteiger partial charge in [-0.3, -0.25) is 10.1 Å². The monoisotopic (exact) mass is 289 g/mol. The summed E-state index contributed by atoms with van der Waals surface area (Å²) in [5.41, 5.74) is 5.91. The Balaban J connectivity index is 2.49. The minimum atomic E-state index is -0.551. The van der Waals surface area contributed by atoms with Gasteiger partial charge in [-0.15, -0.1) is 5.10 Å². The highest BCUT2D eigenvalue weighted by Gasteiger charge is 2.21. The molecule has 0 radical (unpaired) electrons. The number of rotatable bonds is 4. The number of nitro groups is 1. The van der Waals surface area contributed by atoms with Crippen molar-refractivity contribution >= 4 is 11.5 Å². The first-order valence-electron chi connectivity index (χ1n) is 5.76. The molecule has 108 valence electrons. The summed E-state index contributed by atoms with van der Waals surface area (Å²) in [5, 5.41) is 30.0. The number of aromatic nitrogens is 2. The summed E-state index contributed by atoms with van der Waals surface area (Å²) in [6.45, 7) is 1.59. The Kier molecular flexibility index (Phi) is 3.93. The van der Waals surface area contributed by atoms with Gasteiger partial charge in [-0.1, -0.05) is 17.3 Å². The van der Waals surface area contributed by atoms with Gasteiger partial charge in [-0.05, 0) is 19.1 Å². The van der Waals surface area contributed by atoms with Crippen LogP contribution in [-0.4, -0.2) is 26.2 Å². The molecular formula is C12H11N5O4. The van der Waals surface area contributed by atoms with Gasteiger partial charge in [0.25, 0.3) is 0 Å². The van der Waals surface area contributed by atoms with Crippen LogP contribution in [0.5, 0.6) is 11.6 Å². The molecule has 1 aromatic heterocycles. The Morgan fingerprint density at radius 1 is 1.48 bits per heavy atom. The number of aryl methyl sites for hydroxylation is 1. The predicted molar refractivity (Wildman–Crippen MR) is 72.5 cm³/mol. The second kappa shape index (κ2) is 5.82. The summed E-state index contributed by atoms with van der Waals surface area (Å²) < 4.78 is 5.42. The van der Waals surface area contributed by atoms with Crippen molar-refractivity contribution in [3.05, 3.63) is 51.7 Å². The third kappa shape index (κ3) is 2.86. The Morgan fingerprint density at radius 3 is 2.90 bits per heavy atom. The number of hydrogen-bond acceptors (Lipinski definition) is 7. The van der Waals surface area contributed by atoms with Gasteiger partial charge in [0.1, 0.15) is 0 Å². The molecule has 0 unspecified atom stereocenters. The maximum atomic E-state index is 11.1. The van der Waals surface area contributed by atoms with Crippen LogP contribution in [0.15, 0.2) is 35.6 Å². The lowest BCUT2D eigenvalue weighted by Crippen LogP contribution is -2.15. The quantitative estimate of drug-likeness (QED) is 0.286. The van der Waals surface area contributed by atoms with E-state index in [-0.39, 0.29) is 28.7 Å². The molecule has 1 heterocycles. The molecule has 9 nitrogen and oxygen atoms in total.